The van der Waals surface area contributed by atoms with Gasteiger partial charge in [-0.1, -0.05) is 47.5 Å². The SMILES string of the molecule is Clc1ccc(CN2CC=C(c3nc4ccccc4[nH]3)CC2)cc1Cl. The molecule has 0 spiro atoms. The zero-order valence-electron chi connectivity index (χ0n) is 13.1. The lowest BCUT2D eigenvalue weighted by Crippen LogP contribution is -2.28. The molecule has 0 amide bonds. The number of rotatable bonds is 3. The van der Waals surface area contributed by atoms with Crippen LogP contribution in [-0.4, -0.2) is 28.0 Å². The summed E-state index contributed by atoms with van der Waals surface area (Å²) in [6.07, 6.45) is 3.25. The first kappa shape index (κ1) is 15.7. The molecule has 2 heterocycles. The van der Waals surface area contributed by atoms with E-state index in [2.05, 4.69) is 22.0 Å². The number of para-hydroxylation sites is 2. The van der Waals surface area contributed by atoms with Crippen molar-refractivity contribution in [3.8, 4) is 0 Å². The molecule has 5 heteroatoms. The van der Waals surface area contributed by atoms with Gasteiger partial charge >= 0.3 is 0 Å². The molecule has 3 aromatic rings. The second kappa shape index (κ2) is 6.60. The minimum absolute atomic E-state index is 0.603. The fourth-order valence-corrected chi connectivity index (χ4v) is 3.39. The number of nitrogens with one attached hydrogen (secondary N) is 1. The largest absolute Gasteiger partial charge is 0.338 e. The third-order valence-corrected chi connectivity index (χ3v) is 5.12. The van der Waals surface area contributed by atoms with Crippen LogP contribution in [0.15, 0.2) is 48.5 Å². The summed E-state index contributed by atoms with van der Waals surface area (Å²) in [6, 6.07) is 14.0. The third-order valence-electron chi connectivity index (χ3n) is 4.38. The number of hydrogen-bond donors (Lipinski definition) is 1. The molecule has 0 bridgehead atoms. The van der Waals surface area contributed by atoms with E-state index in [1.54, 1.807) is 0 Å². The molecule has 122 valence electrons. The van der Waals surface area contributed by atoms with Crippen LogP contribution >= 0.6 is 23.2 Å². The number of H-pyrrole nitrogens is 1. The maximum absolute atomic E-state index is 6.10. The highest BCUT2D eigenvalue weighted by molar-refractivity contribution is 6.42. The maximum Gasteiger partial charge on any atom is 0.134 e. The number of aromatic amines is 1. The van der Waals surface area contributed by atoms with Gasteiger partial charge in [-0.15, -0.1) is 0 Å². The predicted octanol–water partition coefficient (Wildman–Crippen LogP) is 5.16. The Morgan fingerprint density at radius 3 is 2.71 bits per heavy atom. The van der Waals surface area contributed by atoms with Gasteiger partial charge in [-0.3, -0.25) is 4.90 Å². The summed E-state index contributed by atoms with van der Waals surface area (Å²) in [6.45, 7) is 2.79. The molecule has 0 unspecified atom stereocenters. The number of nitrogens with zero attached hydrogens (tertiary/aromatic N) is 2. The van der Waals surface area contributed by atoms with Gasteiger partial charge in [-0.2, -0.15) is 0 Å². The molecule has 0 fully saturated rings. The summed E-state index contributed by atoms with van der Waals surface area (Å²) in [4.78, 5) is 10.5. The maximum atomic E-state index is 6.10. The van der Waals surface area contributed by atoms with Crippen molar-refractivity contribution in [2.45, 2.75) is 13.0 Å². The Hall–Kier alpha value is -1.81. The van der Waals surface area contributed by atoms with E-state index in [0.717, 1.165) is 42.9 Å². The first-order valence-electron chi connectivity index (χ1n) is 7.99. The third kappa shape index (κ3) is 3.20. The fraction of sp³-hybridized carbons (Fsp3) is 0.211. The second-order valence-corrected chi connectivity index (χ2v) is 6.88. The number of aromatic nitrogens is 2. The molecule has 0 radical (unpaired) electrons. The summed E-state index contributed by atoms with van der Waals surface area (Å²) in [5.41, 5.74) is 4.58. The molecule has 0 saturated heterocycles. The molecule has 1 N–H and O–H groups in total. The van der Waals surface area contributed by atoms with Gasteiger partial charge in [0.2, 0.25) is 0 Å². The number of halogens is 2. The molecule has 3 nitrogen and oxygen atoms in total. The van der Waals surface area contributed by atoms with Crippen molar-refractivity contribution in [3.63, 3.8) is 0 Å². The smallest absolute Gasteiger partial charge is 0.134 e. The molecule has 0 saturated carbocycles. The summed E-state index contributed by atoms with van der Waals surface area (Å²) in [5.74, 6) is 0.991. The lowest BCUT2D eigenvalue weighted by Gasteiger charge is -2.25. The van der Waals surface area contributed by atoms with Gasteiger partial charge in [0.1, 0.15) is 5.82 Å². The highest BCUT2D eigenvalue weighted by atomic mass is 35.5. The topological polar surface area (TPSA) is 31.9 Å². The molecule has 1 aliphatic rings. The Morgan fingerprint density at radius 1 is 1.08 bits per heavy atom. The van der Waals surface area contributed by atoms with Crippen molar-refractivity contribution in [2.24, 2.45) is 0 Å². The minimum Gasteiger partial charge on any atom is -0.338 e. The number of fused-ring (bicyclic) bond motifs is 1. The summed E-state index contributed by atoms with van der Waals surface area (Å²) in [7, 11) is 0. The molecule has 1 aliphatic heterocycles. The molecule has 4 rings (SSSR count). The van der Waals surface area contributed by atoms with Gasteiger partial charge in [0.15, 0.2) is 0 Å². The van der Waals surface area contributed by atoms with Gasteiger partial charge in [0.25, 0.3) is 0 Å². The monoisotopic (exact) mass is 357 g/mol. The summed E-state index contributed by atoms with van der Waals surface area (Å²) in [5, 5.41) is 1.22. The molecule has 1 aromatic heterocycles. The van der Waals surface area contributed by atoms with Gasteiger partial charge in [-0.05, 0) is 41.8 Å². The van der Waals surface area contributed by atoms with E-state index in [4.69, 9.17) is 28.2 Å². The van der Waals surface area contributed by atoms with Crippen LogP contribution in [0.25, 0.3) is 16.6 Å². The molecular weight excluding hydrogens is 341 g/mol. The highest BCUT2D eigenvalue weighted by Crippen LogP contribution is 2.26. The molecular formula is C19H17Cl2N3. The van der Waals surface area contributed by atoms with E-state index in [1.807, 2.05) is 36.4 Å². The van der Waals surface area contributed by atoms with Gasteiger partial charge < -0.3 is 4.98 Å². The quantitative estimate of drug-likeness (QED) is 0.701. The summed E-state index contributed by atoms with van der Waals surface area (Å²) >= 11 is 12.1. The standard InChI is InChI=1S/C19H17Cl2N3/c20-15-6-5-13(11-16(15)21)12-24-9-7-14(8-10-24)19-22-17-3-1-2-4-18(17)23-19/h1-7,11H,8-10,12H2,(H,22,23). The Kier molecular flexibility index (Phi) is 4.31. The van der Waals surface area contributed by atoms with E-state index >= 15 is 0 Å². The molecule has 24 heavy (non-hydrogen) atoms. The van der Waals surface area contributed by atoms with E-state index < -0.39 is 0 Å². The van der Waals surface area contributed by atoms with Crippen molar-refractivity contribution >= 4 is 39.8 Å². The zero-order chi connectivity index (χ0) is 16.5. The van der Waals surface area contributed by atoms with Gasteiger partial charge in [-0.25, -0.2) is 4.98 Å². The van der Waals surface area contributed by atoms with Crippen LogP contribution in [-0.2, 0) is 6.54 Å². The van der Waals surface area contributed by atoms with Crippen LogP contribution < -0.4 is 0 Å². The van der Waals surface area contributed by atoms with Gasteiger partial charge in [0.05, 0.1) is 21.1 Å². The van der Waals surface area contributed by atoms with Crippen LogP contribution in [0, 0.1) is 0 Å². The minimum atomic E-state index is 0.603. The Bertz CT molecular complexity index is 881. The molecule has 2 aromatic carbocycles. The fourth-order valence-electron chi connectivity index (χ4n) is 3.07. The Balaban J connectivity index is 1.47. The van der Waals surface area contributed by atoms with Crippen molar-refractivity contribution in [2.75, 3.05) is 13.1 Å². The van der Waals surface area contributed by atoms with E-state index in [0.29, 0.717) is 10.0 Å². The van der Waals surface area contributed by atoms with Crippen LogP contribution in [0.3, 0.4) is 0 Å². The number of benzene rings is 2. The van der Waals surface area contributed by atoms with E-state index in [1.165, 1.54) is 11.1 Å². The average Bonchev–Trinajstić information content (AvgIpc) is 3.03. The lowest BCUT2D eigenvalue weighted by atomic mass is 10.1. The average molecular weight is 358 g/mol. The zero-order valence-corrected chi connectivity index (χ0v) is 14.6. The van der Waals surface area contributed by atoms with Crippen molar-refractivity contribution in [3.05, 3.63) is 70.0 Å². The lowest BCUT2D eigenvalue weighted by molar-refractivity contribution is 0.293. The van der Waals surface area contributed by atoms with Gasteiger partial charge in [0, 0.05) is 19.6 Å². The van der Waals surface area contributed by atoms with Crippen LogP contribution in [0.4, 0.5) is 0 Å². The van der Waals surface area contributed by atoms with E-state index in [-0.39, 0.29) is 0 Å². The van der Waals surface area contributed by atoms with Crippen LogP contribution in [0.1, 0.15) is 17.8 Å². The molecule has 0 atom stereocenters. The van der Waals surface area contributed by atoms with E-state index in [9.17, 15) is 0 Å². The van der Waals surface area contributed by atoms with Crippen LogP contribution in [0.2, 0.25) is 10.0 Å². The van der Waals surface area contributed by atoms with Crippen LogP contribution in [0.5, 0.6) is 0 Å². The molecule has 0 aliphatic carbocycles. The number of imidazole rings is 1. The Morgan fingerprint density at radius 2 is 1.96 bits per heavy atom. The predicted molar refractivity (Wildman–Crippen MR) is 100 cm³/mol. The second-order valence-electron chi connectivity index (χ2n) is 6.07. The summed E-state index contributed by atoms with van der Waals surface area (Å²) < 4.78 is 0. The van der Waals surface area contributed by atoms with Crippen molar-refractivity contribution in [1.29, 1.82) is 0 Å². The first-order valence-corrected chi connectivity index (χ1v) is 8.75. The highest BCUT2D eigenvalue weighted by Gasteiger charge is 2.16. The Labute approximate surface area is 150 Å². The first-order chi connectivity index (χ1) is 11.7. The number of hydrogen-bond acceptors (Lipinski definition) is 2. The van der Waals surface area contributed by atoms with Crippen molar-refractivity contribution < 1.29 is 0 Å². The normalized spacial score (nSPS) is 15.7. The van der Waals surface area contributed by atoms with Crippen molar-refractivity contribution in [1.82, 2.24) is 14.9 Å².